The summed E-state index contributed by atoms with van der Waals surface area (Å²) in [6.45, 7) is 3.71. The largest absolute Gasteiger partial charge is 0.436 e. The van der Waals surface area contributed by atoms with E-state index in [-0.39, 0.29) is 31.2 Å². The molecular weight excluding hydrogens is 382 g/mol. The Balaban J connectivity index is 1.83. The summed E-state index contributed by atoms with van der Waals surface area (Å²) in [6, 6.07) is 0. The molecule has 0 aromatic carbocycles. The zero-order valence-electron chi connectivity index (χ0n) is 13.5. The molecule has 0 fully saturated rings. The molecule has 0 atom stereocenters. The van der Waals surface area contributed by atoms with E-state index in [4.69, 9.17) is 23.2 Å². The molecule has 2 heterocycles. The van der Waals surface area contributed by atoms with Gasteiger partial charge in [0.2, 0.25) is 5.91 Å². The van der Waals surface area contributed by atoms with Gasteiger partial charge in [-0.3, -0.25) is 14.2 Å². The molecule has 0 saturated heterocycles. The molecule has 138 valence electrons. The number of alkyl halides is 3. The van der Waals surface area contributed by atoms with Gasteiger partial charge in [-0.15, -0.1) is 0 Å². The summed E-state index contributed by atoms with van der Waals surface area (Å²) < 4.78 is 40.9. The topological polar surface area (TPSA) is 64.7 Å². The van der Waals surface area contributed by atoms with Gasteiger partial charge in [-0.1, -0.05) is 23.2 Å². The molecule has 1 amide bonds. The first kappa shape index (κ1) is 19.6. The first-order valence-electron chi connectivity index (χ1n) is 7.36. The molecule has 0 radical (unpaired) electrons. The second-order valence-corrected chi connectivity index (χ2v) is 6.19. The van der Waals surface area contributed by atoms with E-state index in [0.29, 0.717) is 17.1 Å². The van der Waals surface area contributed by atoms with Gasteiger partial charge in [-0.05, 0) is 20.3 Å². The smallest absolute Gasteiger partial charge is 0.354 e. The molecule has 6 nitrogen and oxygen atoms in total. The molecule has 0 spiro atoms. The zero-order valence-corrected chi connectivity index (χ0v) is 15.0. The Bertz CT molecular complexity index is 769. The molecule has 0 unspecified atom stereocenters. The fourth-order valence-corrected chi connectivity index (χ4v) is 2.54. The highest BCUT2D eigenvalue weighted by atomic mass is 35.5. The highest BCUT2D eigenvalue weighted by Crippen LogP contribution is 2.35. The Kier molecular flexibility index (Phi) is 5.99. The molecule has 0 aliphatic heterocycles. The number of amides is 1. The van der Waals surface area contributed by atoms with Crippen molar-refractivity contribution in [2.24, 2.45) is 0 Å². The number of carbonyl (C=O) groups is 1. The summed E-state index contributed by atoms with van der Waals surface area (Å²) in [6.07, 6.45) is -2.74. The highest BCUT2D eigenvalue weighted by Gasteiger charge is 2.38. The van der Waals surface area contributed by atoms with Gasteiger partial charge in [0.15, 0.2) is 5.69 Å². The van der Waals surface area contributed by atoms with E-state index in [1.54, 1.807) is 6.92 Å². The summed E-state index contributed by atoms with van der Waals surface area (Å²) in [4.78, 5) is 11.8. The van der Waals surface area contributed by atoms with Crippen molar-refractivity contribution in [2.75, 3.05) is 6.54 Å². The fourth-order valence-electron chi connectivity index (χ4n) is 2.15. The Morgan fingerprint density at radius 3 is 2.44 bits per heavy atom. The van der Waals surface area contributed by atoms with Crippen LogP contribution in [0.4, 0.5) is 13.2 Å². The van der Waals surface area contributed by atoms with Crippen LogP contribution < -0.4 is 5.32 Å². The van der Waals surface area contributed by atoms with Gasteiger partial charge in [-0.25, -0.2) is 0 Å². The van der Waals surface area contributed by atoms with E-state index < -0.39 is 16.9 Å². The minimum Gasteiger partial charge on any atom is -0.354 e. The molecule has 1 N–H and O–H groups in total. The first-order valence-corrected chi connectivity index (χ1v) is 8.11. The van der Waals surface area contributed by atoms with Gasteiger partial charge in [0, 0.05) is 13.1 Å². The normalized spacial score (nSPS) is 11.8. The van der Waals surface area contributed by atoms with Crippen molar-refractivity contribution >= 4 is 29.1 Å². The molecule has 0 aliphatic carbocycles. The third-order valence-corrected chi connectivity index (χ3v) is 4.43. The second kappa shape index (κ2) is 7.65. The minimum atomic E-state index is -4.59. The van der Waals surface area contributed by atoms with Crippen LogP contribution in [-0.4, -0.2) is 32.0 Å². The Hall–Kier alpha value is -1.74. The first-order chi connectivity index (χ1) is 11.6. The quantitative estimate of drug-likeness (QED) is 0.760. The molecule has 2 rings (SSSR count). The van der Waals surface area contributed by atoms with Crippen LogP contribution in [0.2, 0.25) is 10.0 Å². The number of nitrogens with one attached hydrogen (secondary N) is 1. The number of halogens is 5. The van der Waals surface area contributed by atoms with Crippen molar-refractivity contribution in [3.8, 4) is 0 Å². The number of nitrogens with zero attached hydrogens (tertiary/aromatic N) is 4. The SMILES string of the molecule is Cc1c(Cl)cnn1CC(=O)NCCCn1nc(C(F)(F)F)c(Cl)c1C. The molecule has 2 aromatic rings. The number of rotatable bonds is 6. The Morgan fingerprint density at radius 2 is 1.92 bits per heavy atom. The molecule has 0 bridgehead atoms. The number of hydrogen-bond acceptors (Lipinski definition) is 3. The minimum absolute atomic E-state index is 0.0173. The van der Waals surface area contributed by atoms with Crippen LogP contribution in [0.15, 0.2) is 6.20 Å². The predicted octanol–water partition coefficient (Wildman–Crippen LogP) is 3.23. The van der Waals surface area contributed by atoms with Gasteiger partial charge < -0.3 is 5.32 Å². The number of aryl methyl sites for hydroxylation is 1. The van der Waals surface area contributed by atoms with Crippen LogP contribution in [0, 0.1) is 13.8 Å². The monoisotopic (exact) mass is 397 g/mol. The lowest BCUT2D eigenvalue weighted by Crippen LogP contribution is -2.29. The molecule has 25 heavy (non-hydrogen) atoms. The third-order valence-electron chi connectivity index (χ3n) is 3.61. The predicted molar refractivity (Wildman–Crippen MR) is 86.6 cm³/mol. The van der Waals surface area contributed by atoms with E-state index >= 15 is 0 Å². The maximum atomic E-state index is 12.7. The fraction of sp³-hybridized carbons (Fsp3) is 0.500. The van der Waals surface area contributed by atoms with Crippen LogP contribution in [0.1, 0.15) is 23.5 Å². The zero-order chi connectivity index (χ0) is 18.8. The maximum absolute atomic E-state index is 12.7. The van der Waals surface area contributed by atoms with Gasteiger partial charge in [0.1, 0.15) is 6.54 Å². The summed E-state index contributed by atoms with van der Waals surface area (Å²) in [5, 5.41) is 10.2. The van der Waals surface area contributed by atoms with Crippen LogP contribution in [0.25, 0.3) is 0 Å². The standard InChI is InChI=1S/C14H16Cl2F3N5O/c1-8-10(15)6-21-24(8)7-11(25)20-4-3-5-23-9(2)12(16)13(22-23)14(17,18)19/h6H,3-5,7H2,1-2H3,(H,20,25). The maximum Gasteiger partial charge on any atom is 0.436 e. The van der Waals surface area contributed by atoms with Crippen molar-refractivity contribution in [1.29, 1.82) is 0 Å². The van der Waals surface area contributed by atoms with E-state index in [2.05, 4.69) is 15.5 Å². The molecular formula is C14H16Cl2F3N5O. The highest BCUT2D eigenvalue weighted by molar-refractivity contribution is 6.32. The number of aromatic nitrogens is 4. The Morgan fingerprint density at radius 1 is 1.24 bits per heavy atom. The molecule has 2 aromatic heterocycles. The summed E-state index contributed by atoms with van der Waals surface area (Å²) in [5.74, 6) is -0.269. The van der Waals surface area contributed by atoms with Gasteiger partial charge in [0.05, 0.1) is 27.6 Å². The van der Waals surface area contributed by atoms with E-state index in [0.717, 1.165) is 0 Å². The number of carbonyl (C=O) groups excluding carboxylic acids is 1. The van der Waals surface area contributed by atoms with Crippen LogP contribution in [0.5, 0.6) is 0 Å². The van der Waals surface area contributed by atoms with Crippen molar-refractivity contribution in [3.05, 3.63) is 33.3 Å². The van der Waals surface area contributed by atoms with Crippen molar-refractivity contribution in [1.82, 2.24) is 24.9 Å². The summed E-state index contributed by atoms with van der Waals surface area (Å²) in [5.41, 5.74) is -0.179. The molecule has 0 aliphatic rings. The van der Waals surface area contributed by atoms with Crippen LogP contribution in [0.3, 0.4) is 0 Å². The average Bonchev–Trinajstić information content (AvgIpc) is 2.99. The van der Waals surface area contributed by atoms with E-state index in [1.165, 1.54) is 22.5 Å². The van der Waals surface area contributed by atoms with E-state index in [1.807, 2.05) is 0 Å². The van der Waals surface area contributed by atoms with Gasteiger partial charge in [-0.2, -0.15) is 23.4 Å². The lowest BCUT2D eigenvalue weighted by Gasteiger charge is -2.08. The van der Waals surface area contributed by atoms with E-state index in [9.17, 15) is 18.0 Å². The lowest BCUT2D eigenvalue weighted by molar-refractivity contribution is -0.141. The summed E-state index contributed by atoms with van der Waals surface area (Å²) >= 11 is 11.5. The van der Waals surface area contributed by atoms with Crippen molar-refractivity contribution in [2.45, 2.75) is 39.5 Å². The van der Waals surface area contributed by atoms with Crippen molar-refractivity contribution in [3.63, 3.8) is 0 Å². The molecule has 0 saturated carbocycles. The molecule has 11 heteroatoms. The van der Waals surface area contributed by atoms with Gasteiger partial charge >= 0.3 is 6.18 Å². The van der Waals surface area contributed by atoms with Crippen LogP contribution in [-0.2, 0) is 24.1 Å². The lowest BCUT2D eigenvalue weighted by atomic mass is 10.3. The second-order valence-electron chi connectivity index (χ2n) is 5.41. The summed E-state index contributed by atoms with van der Waals surface area (Å²) in [7, 11) is 0. The van der Waals surface area contributed by atoms with Crippen molar-refractivity contribution < 1.29 is 18.0 Å². The Labute approximate surface area is 151 Å². The van der Waals surface area contributed by atoms with Crippen LogP contribution >= 0.6 is 23.2 Å². The average molecular weight is 398 g/mol. The van der Waals surface area contributed by atoms with Gasteiger partial charge in [0.25, 0.3) is 0 Å². The third kappa shape index (κ3) is 4.66. The number of hydrogen-bond donors (Lipinski definition) is 1.